The molecule has 6 heteroatoms. The van der Waals surface area contributed by atoms with E-state index in [1.54, 1.807) is 14.0 Å². The lowest BCUT2D eigenvalue weighted by atomic mass is 9.92. The fourth-order valence-corrected chi connectivity index (χ4v) is 3.44. The van der Waals surface area contributed by atoms with Crippen LogP contribution >= 0.6 is 15.9 Å². The Kier molecular flexibility index (Phi) is 4.56. The van der Waals surface area contributed by atoms with E-state index in [1.807, 2.05) is 49.4 Å². The SMILES string of the molecule is COc1ccc(C)cc1CN1C(=O)NC(C)(c2cccc(Br)c2)C1=O. The Bertz CT molecular complexity index is 852. The van der Waals surface area contributed by atoms with E-state index in [2.05, 4.69) is 21.2 Å². The molecule has 5 nitrogen and oxygen atoms in total. The highest BCUT2D eigenvalue weighted by molar-refractivity contribution is 9.10. The molecule has 1 aliphatic rings. The highest BCUT2D eigenvalue weighted by Gasteiger charge is 2.49. The number of nitrogens with zero attached hydrogens (tertiary/aromatic N) is 1. The van der Waals surface area contributed by atoms with Crippen molar-refractivity contribution < 1.29 is 14.3 Å². The summed E-state index contributed by atoms with van der Waals surface area (Å²) in [6, 6.07) is 12.7. The Morgan fingerprint density at radius 1 is 1.20 bits per heavy atom. The van der Waals surface area contributed by atoms with E-state index in [-0.39, 0.29) is 12.5 Å². The summed E-state index contributed by atoms with van der Waals surface area (Å²) >= 11 is 3.41. The third-order valence-electron chi connectivity index (χ3n) is 4.44. The van der Waals surface area contributed by atoms with Gasteiger partial charge in [-0.1, -0.05) is 45.8 Å². The van der Waals surface area contributed by atoms with Gasteiger partial charge < -0.3 is 10.1 Å². The van der Waals surface area contributed by atoms with Gasteiger partial charge in [0.1, 0.15) is 11.3 Å². The highest BCUT2D eigenvalue weighted by Crippen LogP contribution is 2.32. The number of hydrogen-bond acceptors (Lipinski definition) is 3. The Morgan fingerprint density at radius 2 is 1.96 bits per heavy atom. The molecule has 3 amide bonds. The fourth-order valence-electron chi connectivity index (χ4n) is 3.04. The molecule has 0 radical (unpaired) electrons. The number of carbonyl (C=O) groups excluding carboxylic acids is 2. The van der Waals surface area contributed by atoms with Gasteiger partial charge >= 0.3 is 6.03 Å². The first-order valence-corrected chi connectivity index (χ1v) is 8.68. The summed E-state index contributed by atoms with van der Waals surface area (Å²) in [5.74, 6) is 0.376. The lowest BCUT2D eigenvalue weighted by molar-refractivity contribution is -0.131. The molecule has 0 bridgehead atoms. The average Bonchev–Trinajstić information content (AvgIpc) is 2.79. The second kappa shape index (κ2) is 6.52. The maximum absolute atomic E-state index is 13.0. The summed E-state index contributed by atoms with van der Waals surface area (Å²) in [5, 5.41) is 2.82. The maximum atomic E-state index is 13.0. The number of imide groups is 1. The van der Waals surface area contributed by atoms with Crippen LogP contribution in [0.5, 0.6) is 5.75 Å². The number of urea groups is 1. The van der Waals surface area contributed by atoms with Crippen LogP contribution in [0.15, 0.2) is 46.9 Å². The molecule has 1 aliphatic heterocycles. The van der Waals surface area contributed by atoms with Crippen molar-refractivity contribution >= 4 is 27.9 Å². The Balaban J connectivity index is 1.93. The molecular weight excluding hydrogens is 384 g/mol. The van der Waals surface area contributed by atoms with E-state index in [9.17, 15) is 9.59 Å². The van der Waals surface area contributed by atoms with Crippen LogP contribution in [0.2, 0.25) is 0 Å². The molecule has 0 spiro atoms. The van der Waals surface area contributed by atoms with Gasteiger partial charge in [-0.15, -0.1) is 0 Å². The summed E-state index contributed by atoms with van der Waals surface area (Å²) < 4.78 is 6.21. The standard InChI is InChI=1S/C19H19BrN2O3/c1-12-7-8-16(25-3)13(9-12)11-22-17(23)19(2,21-18(22)24)14-5-4-6-15(20)10-14/h4-10H,11H2,1-3H3,(H,21,24). The van der Waals surface area contributed by atoms with Crippen LogP contribution in [0.1, 0.15) is 23.6 Å². The zero-order valence-corrected chi connectivity index (χ0v) is 15.9. The van der Waals surface area contributed by atoms with Gasteiger partial charge in [0, 0.05) is 10.0 Å². The van der Waals surface area contributed by atoms with Crippen LogP contribution in [0.3, 0.4) is 0 Å². The summed E-state index contributed by atoms with van der Waals surface area (Å²) in [6.45, 7) is 3.85. The van der Waals surface area contributed by atoms with Gasteiger partial charge in [0.25, 0.3) is 5.91 Å². The number of benzene rings is 2. The van der Waals surface area contributed by atoms with Crippen LogP contribution in [-0.4, -0.2) is 23.9 Å². The quantitative estimate of drug-likeness (QED) is 0.792. The molecule has 1 heterocycles. The number of nitrogens with one attached hydrogen (secondary N) is 1. The molecule has 0 aromatic heterocycles. The van der Waals surface area contributed by atoms with Crippen molar-refractivity contribution in [2.24, 2.45) is 0 Å². The molecule has 1 atom stereocenters. The predicted octanol–water partition coefficient (Wildman–Crippen LogP) is 3.73. The van der Waals surface area contributed by atoms with Crippen LogP contribution in [0.4, 0.5) is 4.79 Å². The van der Waals surface area contributed by atoms with Crippen molar-refractivity contribution in [3.8, 4) is 5.75 Å². The largest absolute Gasteiger partial charge is 0.496 e. The molecule has 1 unspecified atom stereocenters. The Hall–Kier alpha value is -2.34. The van der Waals surface area contributed by atoms with E-state index in [1.165, 1.54) is 4.90 Å². The summed E-state index contributed by atoms with van der Waals surface area (Å²) in [7, 11) is 1.58. The van der Waals surface area contributed by atoms with Crippen LogP contribution in [0, 0.1) is 6.92 Å². The molecule has 1 saturated heterocycles. The molecule has 0 aliphatic carbocycles. The first-order valence-electron chi connectivity index (χ1n) is 7.89. The molecule has 2 aromatic rings. The van der Waals surface area contributed by atoms with Crippen molar-refractivity contribution in [2.75, 3.05) is 7.11 Å². The van der Waals surface area contributed by atoms with Crippen molar-refractivity contribution in [1.29, 1.82) is 0 Å². The third-order valence-corrected chi connectivity index (χ3v) is 4.93. The van der Waals surface area contributed by atoms with Crippen molar-refractivity contribution in [2.45, 2.75) is 25.9 Å². The van der Waals surface area contributed by atoms with Gasteiger partial charge in [0.15, 0.2) is 0 Å². The minimum absolute atomic E-state index is 0.166. The number of rotatable bonds is 4. The normalized spacial score (nSPS) is 19.9. The van der Waals surface area contributed by atoms with Gasteiger partial charge in [-0.05, 0) is 37.6 Å². The monoisotopic (exact) mass is 402 g/mol. The molecule has 2 aromatic carbocycles. The first kappa shape index (κ1) is 17.5. The highest BCUT2D eigenvalue weighted by atomic mass is 79.9. The Labute approximate surface area is 155 Å². The van der Waals surface area contributed by atoms with Crippen LogP contribution < -0.4 is 10.1 Å². The van der Waals surface area contributed by atoms with E-state index < -0.39 is 11.6 Å². The average molecular weight is 403 g/mol. The summed E-state index contributed by atoms with van der Waals surface area (Å²) in [4.78, 5) is 26.7. The van der Waals surface area contributed by atoms with Gasteiger partial charge in [-0.2, -0.15) is 0 Å². The number of hydrogen-bond donors (Lipinski definition) is 1. The van der Waals surface area contributed by atoms with Gasteiger partial charge in [-0.3, -0.25) is 9.69 Å². The van der Waals surface area contributed by atoms with E-state index in [0.29, 0.717) is 5.75 Å². The number of halogens is 1. The van der Waals surface area contributed by atoms with Gasteiger partial charge in [0.2, 0.25) is 0 Å². The minimum Gasteiger partial charge on any atom is -0.496 e. The topological polar surface area (TPSA) is 58.6 Å². The van der Waals surface area contributed by atoms with Gasteiger partial charge in [-0.25, -0.2) is 4.79 Å². The van der Waals surface area contributed by atoms with E-state index in [4.69, 9.17) is 4.74 Å². The fraction of sp³-hybridized carbons (Fsp3) is 0.263. The molecular formula is C19H19BrN2O3. The number of methoxy groups -OCH3 is 1. The summed E-state index contributed by atoms with van der Waals surface area (Å²) in [5.41, 5.74) is 1.49. The lowest BCUT2D eigenvalue weighted by Gasteiger charge is -2.22. The molecule has 1 fully saturated rings. The van der Waals surface area contributed by atoms with E-state index >= 15 is 0 Å². The summed E-state index contributed by atoms with van der Waals surface area (Å²) in [6.07, 6.45) is 0. The number of carbonyl (C=O) groups is 2. The second-order valence-corrected chi connectivity index (χ2v) is 7.19. The molecule has 1 N–H and O–H groups in total. The van der Waals surface area contributed by atoms with E-state index in [0.717, 1.165) is 21.2 Å². The predicted molar refractivity (Wildman–Crippen MR) is 98.3 cm³/mol. The molecule has 3 rings (SSSR count). The smallest absolute Gasteiger partial charge is 0.325 e. The van der Waals surface area contributed by atoms with Crippen molar-refractivity contribution in [3.05, 3.63) is 63.6 Å². The zero-order valence-electron chi connectivity index (χ0n) is 14.3. The van der Waals surface area contributed by atoms with Gasteiger partial charge in [0.05, 0.1) is 13.7 Å². The molecule has 25 heavy (non-hydrogen) atoms. The molecule has 130 valence electrons. The zero-order chi connectivity index (χ0) is 18.2. The Morgan fingerprint density at radius 3 is 2.64 bits per heavy atom. The van der Waals surface area contributed by atoms with Crippen molar-refractivity contribution in [1.82, 2.24) is 10.2 Å². The number of amides is 3. The number of aryl methyl sites for hydroxylation is 1. The second-order valence-electron chi connectivity index (χ2n) is 6.27. The first-order chi connectivity index (χ1) is 11.8. The van der Waals surface area contributed by atoms with Crippen LogP contribution in [-0.2, 0) is 16.9 Å². The molecule has 0 saturated carbocycles. The third kappa shape index (κ3) is 3.14. The minimum atomic E-state index is -1.09. The van der Waals surface area contributed by atoms with Crippen LogP contribution in [0.25, 0.3) is 0 Å². The van der Waals surface area contributed by atoms with Crippen molar-refractivity contribution in [3.63, 3.8) is 0 Å². The maximum Gasteiger partial charge on any atom is 0.325 e. The number of ether oxygens (including phenoxy) is 1. The lowest BCUT2D eigenvalue weighted by Crippen LogP contribution is -2.40.